The third-order valence-electron chi connectivity index (χ3n) is 3.85. The minimum Gasteiger partial charge on any atom is -0.508 e. The Balaban J connectivity index is 2.06. The van der Waals surface area contributed by atoms with E-state index in [4.69, 9.17) is 0 Å². The van der Waals surface area contributed by atoms with Crippen LogP contribution in [0.3, 0.4) is 0 Å². The predicted molar refractivity (Wildman–Crippen MR) is 76.9 cm³/mol. The van der Waals surface area contributed by atoms with E-state index in [1.807, 2.05) is 19.1 Å². The summed E-state index contributed by atoms with van der Waals surface area (Å²) in [6, 6.07) is 6.85. The summed E-state index contributed by atoms with van der Waals surface area (Å²) in [7, 11) is 0. The molecule has 0 aliphatic carbocycles. The number of fused-ring (bicyclic) bond motifs is 1. The summed E-state index contributed by atoms with van der Waals surface area (Å²) in [4.78, 5) is 17.8. The first kappa shape index (κ1) is 12.7. The number of aromatic nitrogens is 1. The Bertz CT molecular complexity index is 655. The topological polar surface area (TPSA) is 53.4 Å². The van der Waals surface area contributed by atoms with Crippen LogP contribution in [-0.2, 0) is 11.2 Å². The van der Waals surface area contributed by atoms with E-state index in [0.29, 0.717) is 0 Å². The monoisotopic (exact) mass is 268 g/mol. The van der Waals surface area contributed by atoms with Gasteiger partial charge < -0.3 is 14.8 Å². The molecule has 1 unspecified atom stereocenters. The number of phenolic OH excluding ortho intramolecular Hbond substituents is 1. The number of carbonyl (C=O) groups is 1. The number of aromatic hydroxyl groups is 1. The number of hydrogen-bond donors (Lipinski definition) is 1. The maximum absolute atomic E-state index is 11.6. The molecule has 1 aliphatic rings. The normalized spacial score (nSPS) is 17.6. The van der Waals surface area contributed by atoms with E-state index in [0.717, 1.165) is 41.6 Å². The molecule has 102 valence electrons. The van der Waals surface area contributed by atoms with Crippen molar-refractivity contribution in [2.45, 2.75) is 19.4 Å². The molecule has 1 aromatic heterocycles. The minimum atomic E-state index is -0.317. The number of benzene rings is 1. The molecule has 2 aromatic rings. The van der Waals surface area contributed by atoms with E-state index < -0.39 is 0 Å². The number of aldehydes is 1. The van der Waals surface area contributed by atoms with E-state index >= 15 is 0 Å². The number of hydrogen-bond acceptors (Lipinski definition) is 4. The number of pyridine rings is 1. The van der Waals surface area contributed by atoms with E-state index in [2.05, 4.69) is 9.88 Å². The van der Waals surface area contributed by atoms with Crippen molar-refractivity contribution >= 4 is 12.0 Å². The van der Waals surface area contributed by atoms with Gasteiger partial charge in [0.2, 0.25) is 0 Å². The molecule has 1 aromatic carbocycles. The maximum atomic E-state index is 11.6. The van der Waals surface area contributed by atoms with Gasteiger partial charge in [-0.1, -0.05) is 6.07 Å². The number of nitrogens with zero attached hydrogens (tertiary/aromatic N) is 2. The Morgan fingerprint density at radius 2 is 2.25 bits per heavy atom. The fourth-order valence-corrected chi connectivity index (χ4v) is 2.82. The summed E-state index contributed by atoms with van der Waals surface area (Å²) in [5, 5.41) is 9.56. The molecule has 0 radical (unpaired) electrons. The van der Waals surface area contributed by atoms with Crippen LogP contribution in [0.4, 0.5) is 5.69 Å². The molecule has 4 nitrogen and oxygen atoms in total. The van der Waals surface area contributed by atoms with Crippen molar-refractivity contribution in [3.05, 3.63) is 53.3 Å². The Hall–Kier alpha value is -2.36. The van der Waals surface area contributed by atoms with Crippen LogP contribution < -0.4 is 4.90 Å². The lowest BCUT2D eigenvalue weighted by Gasteiger charge is -2.36. The highest BCUT2D eigenvalue weighted by Gasteiger charge is 2.28. The molecule has 0 bridgehead atoms. The van der Waals surface area contributed by atoms with Crippen molar-refractivity contribution in [1.29, 1.82) is 0 Å². The summed E-state index contributed by atoms with van der Waals surface area (Å²) in [6.07, 6.45) is 5.33. The van der Waals surface area contributed by atoms with E-state index in [1.165, 1.54) is 0 Å². The molecule has 3 rings (SSSR count). The molecular formula is C16H16N2O2. The summed E-state index contributed by atoms with van der Waals surface area (Å²) in [5.41, 5.74) is 4.10. The molecule has 0 saturated carbocycles. The second-order valence-corrected chi connectivity index (χ2v) is 5.07. The molecular weight excluding hydrogens is 252 g/mol. The maximum Gasteiger partial charge on any atom is 0.146 e. The smallest absolute Gasteiger partial charge is 0.146 e. The zero-order chi connectivity index (χ0) is 14.1. The number of aryl methyl sites for hydroxylation is 1. The molecule has 0 fully saturated rings. The third-order valence-corrected chi connectivity index (χ3v) is 3.85. The van der Waals surface area contributed by atoms with Gasteiger partial charge in [-0.15, -0.1) is 0 Å². The fourth-order valence-electron chi connectivity index (χ4n) is 2.82. The van der Waals surface area contributed by atoms with E-state index in [1.54, 1.807) is 24.5 Å². The SMILES string of the molecule is Cc1ccncc1N1CCc2cc(O)ccc2C1C=O. The zero-order valence-corrected chi connectivity index (χ0v) is 11.3. The van der Waals surface area contributed by atoms with E-state index in [-0.39, 0.29) is 11.8 Å². The summed E-state index contributed by atoms with van der Waals surface area (Å²) >= 11 is 0. The van der Waals surface area contributed by atoms with Gasteiger partial charge in [0.05, 0.1) is 11.9 Å². The van der Waals surface area contributed by atoms with Gasteiger partial charge in [-0.05, 0) is 48.2 Å². The lowest BCUT2D eigenvalue weighted by Crippen LogP contribution is -2.36. The van der Waals surface area contributed by atoms with Gasteiger partial charge in [0.1, 0.15) is 18.1 Å². The highest BCUT2D eigenvalue weighted by atomic mass is 16.3. The van der Waals surface area contributed by atoms with Crippen molar-refractivity contribution < 1.29 is 9.90 Å². The van der Waals surface area contributed by atoms with Gasteiger partial charge in [0.15, 0.2) is 0 Å². The van der Waals surface area contributed by atoms with Crippen LogP contribution in [-0.4, -0.2) is 22.9 Å². The van der Waals surface area contributed by atoms with Gasteiger partial charge in [0.25, 0.3) is 0 Å². The molecule has 0 spiro atoms. The van der Waals surface area contributed by atoms with Crippen molar-refractivity contribution in [2.24, 2.45) is 0 Å². The third kappa shape index (κ3) is 2.03. The fraction of sp³-hybridized carbons (Fsp3) is 0.250. The van der Waals surface area contributed by atoms with Crippen molar-refractivity contribution in [2.75, 3.05) is 11.4 Å². The Labute approximate surface area is 117 Å². The highest BCUT2D eigenvalue weighted by Crippen LogP contribution is 2.34. The number of phenols is 1. The van der Waals surface area contributed by atoms with Crippen LogP contribution in [0.25, 0.3) is 0 Å². The van der Waals surface area contributed by atoms with Crippen LogP contribution in [0, 0.1) is 6.92 Å². The van der Waals surface area contributed by atoms with Crippen molar-refractivity contribution in [3.8, 4) is 5.75 Å². The average molecular weight is 268 g/mol. The molecule has 2 heterocycles. The molecule has 0 saturated heterocycles. The van der Waals surface area contributed by atoms with Crippen LogP contribution >= 0.6 is 0 Å². The molecule has 0 amide bonds. The zero-order valence-electron chi connectivity index (χ0n) is 11.3. The van der Waals surface area contributed by atoms with Gasteiger partial charge in [-0.2, -0.15) is 0 Å². The molecule has 1 N–H and O–H groups in total. The van der Waals surface area contributed by atoms with E-state index in [9.17, 15) is 9.90 Å². The standard InChI is InChI=1S/C16H16N2O2/c1-11-4-6-17-9-15(11)18-7-5-12-8-13(20)2-3-14(12)16(18)10-19/h2-4,6,8-10,16,20H,5,7H2,1H3. The number of rotatable bonds is 2. The average Bonchev–Trinajstić information content (AvgIpc) is 2.46. The number of anilines is 1. The Morgan fingerprint density at radius 1 is 1.40 bits per heavy atom. The summed E-state index contributed by atoms with van der Waals surface area (Å²) < 4.78 is 0. The van der Waals surface area contributed by atoms with Crippen LogP contribution in [0.1, 0.15) is 22.7 Å². The highest BCUT2D eigenvalue weighted by molar-refractivity contribution is 5.72. The summed E-state index contributed by atoms with van der Waals surface area (Å²) in [5.74, 6) is 0.249. The van der Waals surface area contributed by atoms with Gasteiger partial charge in [0, 0.05) is 12.7 Å². The van der Waals surface area contributed by atoms with Gasteiger partial charge >= 0.3 is 0 Å². The van der Waals surface area contributed by atoms with Crippen LogP contribution in [0.2, 0.25) is 0 Å². The Morgan fingerprint density at radius 3 is 3.00 bits per heavy atom. The van der Waals surface area contributed by atoms with Crippen LogP contribution in [0.15, 0.2) is 36.7 Å². The first-order chi connectivity index (χ1) is 9.70. The molecule has 4 heteroatoms. The van der Waals surface area contributed by atoms with Crippen molar-refractivity contribution in [1.82, 2.24) is 4.98 Å². The quantitative estimate of drug-likeness (QED) is 0.850. The lowest BCUT2D eigenvalue weighted by molar-refractivity contribution is -0.109. The van der Waals surface area contributed by atoms with Gasteiger partial charge in [-0.25, -0.2) is 0 Å². The van der Waals surface area contributed by atoms with Crippen LogP contribution in [0.5, 0.6) is 5.75 Å². The first-order valence-electron chi connectivity index (χ1n) is 6.65. The molecule has 1 atom stereocenters. The second-order valence-electron chi connectivity index (χ2n) is 5.07. The molecule has 20 heavy (non-hydrogen) atoms. The number of carbonyl (C=O) groups excluding carboxylic acids is 1. The Kier molecular flexibility index (Phi) is 3.14. The second kappa shape index (κ2) is 4.96. The minimum absolute atomic E-state index is 0.249. The first-order valence-corrected chi connectivity index (χ1v) is 6.65. The molecule has 1 aliphatic heterocycles. The lowest BCUT2D eigenvalue weighted by atomic mass is 9.92. The van der Waals surface area contributed by atoms with Gasteiger partial charge in [-0.3, -0.25) is 4.98 Å². The largest absolute Gasteiger partial charge is 0.508 e. The summed E-state index contributed by atoms with van der Waals surface area (Å²) in [6.45, 7) is 2.76. The van der Waals surface area contributed by atoms with Crippen molar-refractivity contribution in [3.63, 3.8) is 0 Å². The predicted octanol–water partition coefficient (Wildman–Crippen LogP) is 2.40.